The largest absolute Gasteiger partial charge is 0.325 e. The van der Waals surface area contributed by atoms with Crippen molar-refractivity contribution in [1.82, 2.24) is 5.32 Å². The quantitative estimate of drug-likeness (QED) is 0.137. The van der Waals surface area contributed by atoms with Crippen molar-refractivity contribution >= 4 is 62.9 Å². The zero-order chi connectivity index (χ0) is 28.5. The summed E-state index contributed by atoms with van der Waals surface area (Å²) >= 11 is 4.84. The lowest BCUT2D eigenvalue weighted by Gasteiger charge is -2.12. The number of thioether (sulfide) groups is 1. The predicted octanol–water partition coefficient (Wildman–Crippen LogP) is 7.21. The lowest BCUT2D eigenvalue weighted by atomic mass is 10.1. The first-order valence-corrected chi connectivity index (χ1v) is 14.3. The minimum Gasteiger partial charge on any atom is -0.325 e. The maximum absolute atomic E-state index is 13.2. The molecule has 0 aromatic heterocycles. The Morgan fingerprint density at radius 3 is 2.20 bits per heavy atom. The van der Waals surface area contributed by atoms with Gasteiger partial charge in [-0.1, -0.05) is 52.3 Å². The molecule has 0 heterocycles. The van der Waals surface area contributed by atoms with Crippen molar-refractivity contribution in [3.05, 3.63) is 129 Å². The van der Waals surface area contributed by atoms with Crippen LogP contribution in [0.4, 0.5) is 11.4 Å². The van der Waals surface area contributed by atoms with Crippen molar-refractivity contribution in [3.63, 3.8) is 0 Å². The highest BCUT2D eigenvalue weighted by Gasteiger charge is 2.15. The summed E-state index contributed by atoms with van der Waals surface area (Å²) < 4.78 is 0.853. The van der Waals surface area contributed by atoms with Gasteiger partial charge < -0.3 is 16.0 Å². The molecule has 0 spiro atoms. The first kappa shape index (κ1) is 28.9. The number of hydrogen-bond acceptors (Lipinski definition) is 4. The summed E-state index contributed by atoms with van der Waals surface area (Å²) in [6.45, 7) is 4.04. The van der Waals surface area contributed by atoms with Crippen molar-refractivity contribution in [2.45, 2.75) is 18.7 Å². The zero-order valence-corrected chi connectivity index (χ0v) is 24.4. The molecule has 4 aromatic rings. The number of amides is 3. The van der Waals surface area contributed by atoms with E-state index in [1.807, 2.05) is 74.5 Å². The molecule has 0 unspecified atom stereocenters. The summed E-state index contributed by atoms with van der Waals surface area (Å²) in [7, 11) is 0. The highest BCUT2D eigenvalue weighted by atomic mass is 79.9. The van der Waals surface area contributed by atoms with Crippen LogP contribution in [0.1, 0.15) is 27.0 Å². The fraction of sp³-hybridized carbons (Fsp3) is 0.0938. The summed E-state index contributed by atoms with van der Waals surface area (Å²) in [5.41, 5.74) is 4.93. The molecule has 40 heavy (non-hydrogen) atoms. The molecule has 3 amide bonds. The van der Waals surface area contributed by atoms with Crippen LogP contribution in [0.3, 0.4) is 0 Å². The van der Waals surface area contributed by atoms with Crippen LogP contribution in [0.2, 0.25) is 0 Å². The number of aryl methyl sites for hydroxylation is 2. The minimum absolute atomic E-state index is 0.0953. The molecule has 8 heteroatoms. The number of benzene rings is 4. The van der Waals surface area contributed by atoms with Gasteiger partial charge in [0.05, 0.1) is 5.75 Å². The van der Waals surface area contributed by atoms with Crippen molar-refractivity contribution in [2.75, 3.05) is 16.4 Å². The van der Waals surface area contributed by atoms with Crippen LogP contribution in [0, 0.1) is 13.8 Å². The molecule has 0 saturated carbocycles. The Labute approximate surface area is 246 Å². The highest BCUT2D eigenvalue weighted by molar-refractivity contribution is 9.10. The number of carbonyl (C=O) groups is 3. The topological polar surface area (TPSA) is 87.3 Å². The number of hydrogen-bond donors (Lipinski definition) is 3. The summed E-state index contributed by atoms with van der Waals surface area (Å²) in [5, 5.41) is 8.50. The number of anilines is 2. The second kappa shape index (κ2) is 13.8. The van der Waals surface area contributed by atoms with E-state index in [-0.39, 0.29) is 23.3 Å². The van der Waals surface area contributed by atoms with Crippen molar-refractivity contribution in [1.29, 1.82) is 0 Å². The molecule has 0 aliphatic carbocycles. The summed E-state index contributed by atoms with van der Waals surface area (Å²) in [6.07, 6.45) is 1.62. The molecular weight excluding hydrogens is 586 g/mol. The van der Waals surface area contributed by atoms with E-state index in [2.05, 4.69) is 31.9 Å². The number of nitrogens with one attached hydrogen (secondary N) is 3. The SMILES string of the molecule is Cc1ccc(NC(=O)CSc2ccc(NC(=O)/C(=C/c3cccc(Br)c3)NC(=O)c3ccccc3)cc2)cc1C. The zero-order valence-electron chi connectivity index (χ0n) is 22.0. The standard InChI is InChI=1S/C32H28BrN3O3S/c1-21-11-12-27(17-22(21)2)34-30(37)20-40-28-15-13-26(14-16-28)35-32(39)29(19-23-7-6-10-25(33)18-23)36-31(38)24-8-4-3-5-9-24/h3-19H,20H2,1-2H3,(H,34,37)(H,35,39)(H,36,38)/b29-19-. The molecule has 202 valence electrons. The van der Waals surface area contributed by atoms with Crippen molar-refractivity contribution in [2.24, 2.45) is 0 Å². The van der Waals surface area contributed by atoms with Crippen LogP contribution in [0.15, 0.2) is 112 Å². The summed E-state index contributed by atoms with van der Waals surface area (Å²) in [4.78, 5) is 39.3. The molecule has 0 atom stereocenters. The third-order valence-electron chi connectivity index (χ3n) is 5.96. The van der Waals surface area contributed by atoms with Crippen LogP contribution < -0.4 is 16.0 Å². The van der Waals surface area contributed by atoms with Gasteiger partial charge in [0.15, 0.2) is 0 Å². The monoisotopic (exact) mass is 613 g/mol. The fourth-order valence-electron chi connectivity index (χ4n) is 3.70. The molecule has 0 radical (unpaired) electrons. The maximum Gasteiger partial charge on any atom is 0.272 e. The molecule has 0 saturated heterocycles. The predicted molar refractivity (Wildman–Crippen MR) is 166 cm³/mol. The molecule has 0 aliphatic rings. The second-order valence-corrected chi connectivity index (χ2v) is 11.0. The minimum atomic E-state index is -0.461. The summed E-state index contributed by atoms with van der Waals surface area (Å²) in [5.74, 6) is -0.689. The van der Waals surface area contributed by atoms with Gasteiger partial charge in [0, 0.05) is 26.3 Å². The third kappa shape index (κ3) is 8.43. The Morgan fingerprint density at radius 2 is 1.50 bits per heavy atom. The Hall–Kier alpha value is -4.14. The first-order valence-electron chi connectivity index (χ1n) is 12.5. The lowest BCUT2D eigenvalue weighted by molar-refractivity contribution is -0.114. The molecule has 0 bridgehead atoms. The molecule has 6 nitrogen and oxygen atoms in total. The second-order valence-electron chi connectivity index (χ2n) is 9.05. The lowest BCUT2D eigenvalue weighted by Crippen LogP contribution is -2.30. The van der Waals surface area contributed by atoms with Gasteiger partial charge in [-0.25, -0.2) is 0 Å². The molecule has 0 aliphatic heterocycles. The third-order valence-corrected chi connectivity index (χ3v) is 7.47. The van der Waals surface area contributed by atoms with Gasteiger partial charge in [-0.15, -0.1) is 11.8 Å². The maximum atomic E-state index is 13.2. The van der Waals surface area contributed by atoms with Gasteiger partial charge in [-0.2, -0.15) is 0 Å². The first-order chi connectivity index (χ1) is 19.3. The van der Waals surface area contributed by atoms with E-state index in [0.29, 0.717) is 11.3 Å². The average Bonchev–Trinajstić information content (AvgIpc) is 2.95. The van der Waals surface area contributed by atoms with E-state index < -0.39 is 5.91 Å². The Morgan fingerprint density at radius 1 is 0.775 bits per heavy atom. The van der Waals surface area contributed by atoms with Gasteiger partial charge in [-0.05, 0) is 97.3 Å². The molecule has 3 N–H and O–H groups in total. The number of carbonyl (C=O) groups excluding carboxylic acids is 3. The van der Waals surface area contributed by atoms with E-state index in [0.717, 1.165) is 26.2 Å². The van der Waals surface area contributed by atoms with E-state index in [9.17, 15) is 14.4 Å². The van der Waals surface area contributed by atoms with E-state index in [1.54, 1.807) is 42.5 Å². The van der Waals surface area contributed by atoms with Gasteiger partial charge in [0.1, 0.15) is 5.70 Å². The Bertz CT molecular complexity index is 1550. The van der Waals surface area contributed by atoms with Crippen LogP contribution in [0.5, 0.6) is 0 Å². The molecule has 0 fully saturated rings. The van der Waals surface area contributed by atoms with Crippen LogP contribution in [-0.4, -0.2) is 23.5 Å². The van der Waals surface area contributed by atoms with Gasteiger partial charge in [-0.3, -0.25) is 14.4 Å². The van der Waals surface area contributed by atoms with Crippen LogP contribution in [-0.2, 0) is 9.59 Å². The number of rotatable bonds is 9. The molecular formula is C32H28BrN3O3S. The van der Waals surface area contributed by atoms with Crippen molar-refractivity contribution in [3.8, 4) is 0 Å². The van der Waals surface area contributed by atoms with E-state index in [4.69, 9.17) is 0 Å². The molecule has 4 aromatic carbocycles. The number of halogens is 1. The van der Waals surface area contributed by atoms with Gasteiger partial charge in [0.25, 0.3) is 11.8 Å². The van der Waals surface area contributed by atoms with E-state index >= 15 is 0 Å². The van der Waals surface area contributed by atoms with Gasteiger partial charge in [0.2, 0.25) is 5.91 Å². The van der Waals surface area contributed by atoms with E-state index in [1.165, 1.54) is 17.3 Å². The fourth-order valence-corrected chi connectivity index (χ4v) is 4.82. The Kier molecular flexibility index (Phi) is 9.94. The van der Waals surface area contributed by atoms with Crippen molar-refractivity contribution < 1.29 is 14.4 Å². The molecule has 4 rings (SSSR count). The van der Waals surface area contributed by atoms with Crippen LogP contribution in [0.25, 0.3) is 6.08 Å². The highest BCUT2D eigenvalue weighted by Crippen LogP contribution is 2.22. The summed E-state index contributed by atoms with van der Waals surface area (Å²) in [6, 6.07) is 29.2. The normalized spacial score (nSPS) is 11.0. The van der Waals surface area contributed by atoms with Crippen LogP contribution >= 0.6 is 27.7 Å². The average molecular weight is 615 g/mol. The smallest absolute Gasteiger partial charge is 0.272 e. The van der Waals surface area contributed by atoms with Gasteiger partial charge >= 0.3 is 0 Å². The Balaban J connectivity index is 1.40.